The van der Waals surface area contributed by atoms with Crippen LogP contribution < -0.4 is 0 Å². The fraction of sp³-hybridized carbons (Fsp3) is 1.00. The van der Waals surface area contributed by atoms with Crippen molar-refractivity contribution >= 4 is 56.9 Å². The first kappa shape index (κ1) is 14.0. The Balaban J connectivity index is 4.47. The first-order chi connectivity index (χ1) is 5.19. The predicted molar refractivity (Wildman–Crippen MR) is 67.8 cm³/mol. The molecule has 0 saturated carbocycles. The molecule has 12 heavy (non-hydrogen) atoms. The van der Waals surface area contributed by atoms with E-state index in [-0.39, 0.29) is 13.3 Å². The first-order valence-electron chi connectivity index (χ1n) is 3.82. The van der Waals surface area contributed by atoms with Crippen molar-refractivity contribution in [2.24, 2.45) is 0 Å². The van der Waals surface area contributed by atoms with Crippen molar-refractivity contribution in [1.82, 2.24) is 0 Å². The zero-order valence-corrected chi connectivity index (χ0v) is 12.2. The van der Waals surface area contributed by atoms with Gasteiger partial charge in [-0.05, 0) is 0 Å². The fourth-order valence-electron chi connectivity index (χ4n) is 0.999. The number of hydrogen-bond acceptors (Lipinski definition) is 0. The van der Waals surface area contributed by atoms with Crippen LogP contribution in [-0.4, -0.2) is 17.7 Å². The van der Waals surface area contributed by atoms with E-state index < -0.39 is 4.01 Å². The molecular weight excluding hydrogens is 276 g/mol. The zero-order chi connectivity index (χ0) is 10.0. The van der Waals surface area contributed by atoms with Crippen molar-refractivity contribution in [1.29, 1.82) is 0 Å². The van der Waals surface area contributed by atoms with E-state index in [1.54, 1.807) is 0 Å². The van der Waals surface area contributed by atoms with Gasteiger partial charge >= 0.3 is 95.4 Å². The Bertz CT molecular complexity index is 140. The molecule has 1 atom stereocenters. The third kappa shape index (κ3) is 4.50. The van der Waals surface area contributed by atoms with Gasteiger partial charge in [0.15, 0.2) is 0 Å². The Hall–Kier alpha value is 2.02. The molecule has 0 rings (SSSR count). The summed E-state index contributed by atoms with van der Waals surface area (Å²) in [6, 6.07) is 0. The predicted octanol–water partition coefficient (Wildman–Crippen LogP) is 6.02. The van der Waals surface area contributed by atoms with E-state index in [1.165, 1.54) is 0 Å². The van der Waals surface area contributed by atoms with Gasteiger partial charge in [0.1, 0.15) is 0 Å². The molecule has 0 aromatic carbocycles. The van der Waals surface area contributed by atoms with Crippen molar-refractivity contribution < 1.29 is 0 Å². The van der Waals surface area contributed by atoms with Crippen molar-refractivity contribution in [2.45, 2.75) is 26.2 Å². The van der Waals surface area contributed by atoms with Crippen molar-refractivity contribution in [3.05, 3.63) is 0 Å². The number of halogens is 4. The summed E-state index contributed by atoms with van der Waals surface area (Å²) >= 11 is 23.7. The molecule has 0 aliphatic carbocycles. The summed E-state index contributed by atoms with van der Waals surface area (Å²) in [4.78, 5) is 0. The molecule has 0 radical (unpaired) electrons. The molecule has 0 aromatic rings. The monoisotopic (exact) mass is 288 g/mol. The summed E-state index contributed by atoms with van der Waals surface area (Å²) < 4.78 is -3.41. The van der Waals surface area contributed by atoms with Gasteiger partial charge in [-0.3, -0.25) is 0 Å². The van der Waals surface area contributed by atoms with Crippen molar-refractivity contribution in [2.75, 3.05) is 12.3 Å². The van der Waals surface area contributed by atoms with Crippen LogP contribution in [0.5, 0.6) is 0 Å². The number of hydrogen-bond donors (Lipinski definition) is 0. The molecular formula is C6H14Cl4P2. The average Bonchev–Trinajstić information content (AvgIpc) is 1.86. The molecule has 1 unspecified atom stereocenters. The van der Waals surface area contributed by atoms with E-state index in [4.69, 9.17) is 45.0 Å². The summed E-state index contributed by atoms with van der Waals surface area (Å²) in [6.07, 6.45) is 2.15. The summed E-state index contributed by atoms with van der Waals surface area (Å²) in [5.74, 6) is 0. The van der Waals surface area contributed by atoms with Gasteiger partial charge in [-0.2, -0.15) is 0 Å². The van der Waals surface area contributed by atoms with Crippen LogP contribution in [0.25, 0.3) is 0 Å². The Labute approximate surface area is 95.1 Å². The summed E-state index contributed by atoms with van der Waals surface area (Å²) in [5.41, 5.74) is 0. The van der Waals surface area contributed by atoms with Gasteiger partial charge in [0.2, 0.25) is 0 Å². The third-order valence-electron chi connectivity index (χ3n) is 1.91. The molecule has 0 amide bonds. The second kappa shape index (κ2) is 4.69. The topological polar surface area (TPSA) is 0 Å². The quantitative estimate of drug-likeness (QED) is 0.555. The SMILES string of the molecule is CCP(CC)C(C)P(Cl)(Cl)(Cl)Cl. The van der Waals surface area contributed by atoms with Crippen LogP contribution in [0.1, 0.15) is 20.8 Å². The van der Waals surface area contributed by atoms with E-state index in [2.05, 4.69) is 13.8 Å². The van der Waals surface area contributed by atoms with E-state index >= 15 is 0 Å². The maximum atomic E-state index is 5.93. The third-order valence-corrected chi connectivity index (χ3v) is 13.2. The number of rotatable bonds is 4. The fourth-order valence-corrected chi connectivity index (χ4v) is 9.90. The maximum absolute atomic E-state index is 5.93. The van der Waals surface area contributed by atoms with E-state index in [0.29, 0.717) is 0 Å². The second-order valence-corrected chi connectivity index (χ2v) is 20.1. The van der Waals surface area contributed by atoms with Crippen molar-refractivity contribution in [3.63, 3.8) is 0 Å². The van der Waals surface area contributed by atoms with E-state index in [1.807, 2.05) is 6.92 Å². The molecule has 0 N–H and O–H groups in total. The zero-order valence-electron chi connectivity index (χ0n) is 7.40. The Morgan fingerprint density at radius 1 is 1.08 bits per heavy atom. The molecule has 0 aliphatic heterocycles. The standard InChI is InChI=1S/C6H14Cl4P2/c1-4-11(5-2)6(3)12(7,8,9)10/h6H,4-5H2,1-3H3. The Morgan fingerprint density at radius 3 is 1.50 bits per heavy atom. The minimum absolute atomic E-state index is 0.0488. The normalized spacial score (nSPS) is 18.8. The van der Waals surface area contributed by atoms with Crippen LogP contribution in [-0.2, 0) is 0 Å². The van der Waals surface area contributed by atoms with Crippen LogP contribution in [0, 0.1) is 0 Å². The molecule has 76 valence electrons. The van der Waals surface area contributed by atoms with Gasteiger partial charge in [-0.15, -0.1) is 0 Å². The van der Waals surface area contributed by atoms with Gasteiger partial charge in [0, 0.05) is 0 Å². The minimum atomic E-state index is -3.41. The van der Waals surface area contributed by atoms with Gasteiger partial charge in [-0.1, -0.05) is 0 Å². The van der Waals surface area contributed by atoms with Crippen molar-refractivity contribution in [3.8, 4) is 0 Å². The van der Waals surface area contributed by atoms with Crippen LogP contribution in [0.4, 0.5) is 0 Å². The Kier molecular flexibility index (Phi) is 5.48. The second-order valence-electron chi connectivity index (χ2n) is 2.63. The molecule has 0 bridgehead atoms. The van der Waals surface area contributed by atoms with Gasteiger partial charge in [-0.25, -0.2) is 0 Å². The molecule has 0 spiro atoms. The summed E-state index contributed by atoms with van der Waals surface area (Å²) in [6.45, 7) is 6.20. The Morgan fingerprint density at radius 2 is 1.42 bits per heavy atom. The molecule has 0 aromatic heterocycles. The molecule has 0 nitrogen and oxygen atoms in total. The van der Waals surface area contributed by atoms with Crippen LogP contribution in [0.2, 0.25) is 0 Å². The molecule has 0 saturated heterocycles. The summed E-state index contributed by atoms with van der Waals surface area (Å²) in [5, 5.41) is 0.0488. The first-order valence-corrected chi connectivity index (χ1v) is 11.5. The van der Waals surface area contributed by atoms with Crippen LogP contribution >= 0.6 is 56.9 Å². The summed E-state index contributed by atoms with van der Waals surface area (Å²) in [7, 11) is -0.224. The van der Waals surface area contributed by atoms with Gasteiger partial charge in [0.25, 0.3) is 0 Å². The van der Waals surface area contributed by atoms with E-state index in [9.17, 15) is 0 Å². The van der Waals surface area contributed by atoms with Gasteiger partial charge in [0.05, 0.1) is 0 Å². The molecule has 0 aliphatic rings. The van der Waals surface area contributed by atoms with Crippen LogP contribution in [0.3, 0.4) is 0 Å². The van der Waals surface area contributed by atoms with Crippen LogP contribution in [0.15, 0.2) is 0 Å². The molecule has 6 heteroatoms. The molecule has 0 heterocycles. The van der Waals surface area contributed by atoms with E-state index in [0.717, 1.165) is 12.3 Å². The van der Waals surface area contributed by atoms with Gasteiger partial charge < -0.3 is 0 Å². The molecule has 0 fully saturated rings. The average molecular weight is 290 g/mol.